The molecule has 1 aliphatic heterocycles. The van der Waals surface area contributed by atoms with Crippen molar-refractivity contribution >= 4 is 27.5 Å². The molecule has 5 aromatic rings. The summed E-state index contributed by atoms with van der Waals surface area (Å²) in [5.41, 5.74) is 4.68. The summed E-state index contributed by atoms with van der Waals surface area (Å²) in [7, 11) is 2.04. The Kier molecular flexibility index (Phi) is 5.57. The molecule has 3 aromatic carbocycles. The summed E-state index contributed by atoms with van der Waals surface area (Å²) in [6.07, 6.45) is 5.95. The Morgan fingerprint density at radius 1 is 0.895 bits per heavy atom. The normalized spacial score (nSPS) is 13.4. The third-order valence-electron chi connectivity index (χ3n) is 6.97. The molecule has 0 N–H and O–H groups in total. The smallest absolute Gasteiger partial charge is 0.137 e. The lowest BCUT2D eigenvalue weighted by Crippen LogP contribution is -2.21. The number of hydrogen-bond acceptors (Lipinski definition) is 5. The summed E-state index contributed by atoms with van der Waals surface area (Å²) in [5.74, 6) is 2.14. The van der Waals surface area contributed by atoms with Crippen molar-refractivity contribution in [3.63, 3.8) is 0 Å². The molecule has 0 spiro atoms. The Bertz CT molecular complexity index is 1750. The number of benzene rings is 3. The SMILES string of the molecule is CN1C=CN(c2cccc(Oc3cc(C#N)c4c5ccccc5n(-c5cc(C(C)(C)C)ccn5)c4c3)c2)C1. The zero-order chi connectivity index (χ0) is 26.4. The molecule has 188 valence electrons. The second-order valence-electron chi connectivity index (χ2n) is 10.7. The van der Waals surface area contributed by atoms with Crippen molar-refractivity contribution < 1.29 is 4.74 Å². The third kappa shape index (κ3) is 4.12. The molecule has 0 atom stereocenters. The van der Waals surface area contributed by atoms with Gasteiger partial charge in [0, 0.05) is 54.2 Å². The zero-order valence-electron chi connectivity index (χ0n) is 22.0. The van der Waals surface area contributed by atoms with Gasteiger partial charge in [-0.15, -0.1) is 0 Å². The summed E-state index contributed by atoms with van der Waals surface area (Å²) < 4.78 is 8.51. The van der Waals surface area contributed by atoms with Crippen LogP contribution < -0.4 is 9.64 Å². The number of aromatic nitrogens is 2. The van der Waals surface area contributed by atoms with Crippen molar-refractivity contribution in [2.45, 2.75) is 26.2 Å². The Hall–Kier alpha value is -4.76. The van der Waals surface area contributed by atoms with Gasteiger partial charge in [0.05, 0.1) is 29.3 Å². The minimum absolute atomic E-state index is 0.0209. The van der Waals surface area contributed by atoms with E-state index in [9.17, 15) is 5.26 Å². The van der Waals surface area contributed by atoms with Crippen molar-refractivity contribution in [2.75, 3.05) is 18.6 Å². The van der Waals surface area contributed by atoms with Gasteiger partial charge in [0.25, 0.3) is 0 Å². The van der Waals surface area contributed by atoms with Crippen molar-refractivity contribution in [3.05, 3.63) is 103 Å². The van der Waals surface area contributed by atoms with Gasteiger partial charge in [-0.25, -0.2) is 4.98 Å². The topological polar surface area (TPSA) is 57.3 Å². The molecular formula is C32H29N5O. The van der Waals surface area contributed by atoms with Crippen LogP contribution in [0.15, 0.2) is 91.4 Å². The molecule has 6 nitrogen and oxygen atoms in total. The predicted molar refractivity (Wildman–Crippen MR) is 153 cm³/mol. The van der Waals surface area contributed by atoms with Crippen LogP contribution >= 0.6 is 0 Å². The lowest BCUT2D eigenvalue weighted by atomic mass is 9.88. The molecule has 3 heterocycles. The highest BCUT2D eigenvalue weighted by Gasteiger charge is 2.20. The van der Waals surface area contributed by atoms with Gasteiger partial charge in [-0.3, -0.25) is 4.57 Å². The van der Waals surface area contributed by atoms with E-state index in [0.29, 0.717) is 17.1 Å². The molecule has 2 aromatic heterocycles. The Morgan fingerprint density at radius 2 is 1.74 bits per heavy atom. The molecule has 6 rings (SSSR count). The van der Waals surface area contributed by atoms with Gasteiger partial charge < -0.3 is 14.5 Å². The number of rotatable bonds is 4. The van der Waals surface area contributed by atoms with Gasteiger partial charge in [0.1, 0.15) is 17.3 Å². The summed E-state index contributed by atoms with van der Waals surface area (Å²) >= 11 is 0. The number of fused-ring (bicyclic) bond motifs is 3. The summed E-state index contributed by atoms with van der Waals surface area (Å²) in [6, 6.07) is 26.6. The molecule has 0 bridgehead atoms. The quantitative estimate of drug-likeness (QED) is 0.259. The van der Waals surface area contributed by atoms with E-state index in [2.05, 4.69) is 77.7 Å². The molecule has 0 saturated carbocycles. The summed E-state index contributed by atoms with van der Waals surface area (Å²) in [5, 5.41) is 12.1. The summed E-state index contributed by atoms with van der Waals surface area (Å²) in [4.78, 5) is 9.02. The van der Waals surface area contributed by atoms with Gasteiger partial charge in [-0.1, -0.05) is 45.0 Å². The van der Waals surface area contributed by atoms with Crippen molar-refractivity contribution in [2.24, 2.45) is 0 Å². The van der Waals surface area contributed by atoms with Crippen molar-refractivity contribution in [1.82, 2.24) is 14.5 Å². The van der Waals surface area contributed by atoms with Crippen molar-refractivity contribution in [3.8, 4) is 23.4 Å². The van der Waals surface area contributed by atoms with Gasteiger partial charge in [0.2, 0.25) is 0 Å². The average Bonchev–Trinajstić information content (AvgIpc) is 3.49. The number of para-hydroxylation sites is 1. The van der Waals surface area contributed by atoms with Crippen LogP contribution in [0.4, 0.5) is 5.69 Å². The molecule has 0 radical (unpaired) electrons. The fourth-order valence-corrected chi connectivity index (χ4v) is 5.03. The lowest BCUT2D eigenvalue weighted by Gasteiger charge is -2.20. The summed E-state index contributed by atoms with van der Waals surface area (Å²) in [6.45, 7) is 7.38. The largest absolute Gasteiger partial charge is 0.457 e. The second-order valence-corrected chi connectivity index (χ2v) is 10.7. The number of ether oxygens (including phenoxy) is 1. The standard InChI is InChI=1S/C32H29N5O/c1-32(2,3)23-12-13-34-30(17-23)37-28-11-6-5-10-27(28)31-22(20-33)16-26(19-29(31)37)38-25-9-7-8-24(18-25)36-15-14-35(4)21-36/h5-19H,21H2,1-4H3. The lowest BCUT2D eigenvalue weighted by molar-refractivity contribution is 0.481. The predicted octanol–water partition coefficient (Wildman–Crippen LogP) is 7.32. The minimum Gasteiger partial charge on any atom is -0.457 e. The number of pyridine rings is 1. The molecular weight excluding hydrogens is 470 g/mol. The van der Waals surface area contributed by atoms with Crippen LogP contribution in [0.5, 0.6) is 11.5 Å². The van der Waals surface area contributed by atoms with Crippen LogP contribution in [-0.2, 0) is 5.41 Å². The molecule has 6 heteroatoms. The average molecular weight is 500 g/mol. The Balaban J connectivity index is 1.51. The van der Waals surface area contributed by atoms with Gasteiger partial charge >= 0.3 is 0 Å². The highest BCUT2D eigenvalue weighted by molar-refractivity contribution is 6.12. The van der Waals surface area contributed by atoms with Crippen LogP contribution in [0.3, 0.4) is 0 Å². The van der Waals surface area contributed by atoms with Gasteiger partial charge in [-0.05, 0) is 47.4 Å². The second kappa shape index (κ2) is 8.97. The maximum Gasteiger partial charge on any atom is 0.137 e. The van der Waals surface area contributed by atoms with Gasteiger partial charge in [0.15, 0.2) is 0 Å². The molecule has 0 saturated heterocycles. The maximum absolute atomic E-state index is 10.2. The number of anilines is 1. The van der Waals surface area contributed by atoms with E-state index in [1.54, 1.807) is 0 Å². The van der Waals surface area contributed by atoms with E-state index in [4.69, 9.17) is 9.72 Å². The minimum atomic E-state index is -0.0209. The van der Waals surface area contributed by atoms with Crippen LogP contribution in [0, 0.1) is 11.3 Å². The first kappa shape index (κ1) is 23.6. The molecule has 0 aliphatic carbocycles. The molecule has 0 fully saturated rings. The molecule has 38 heavy (non-hydrogen) atoms. The zero-order valence-corrected chi connectivity index (χ0v) is 22.0. The fourth-order valence-electron chi connectivity index (χ4n) is 5.03. The number of nitrogens with zero attached hydrogens (tertiary/aromatic N) is 5. The fraction of sp³-hybridized carbons (Fsp3) is 0.188. The van der Waals surface area contributed by atoms with Gasteiger partial charge in [-0.2, -0.15) is 5.26 Å². The van der Waals surface area contributed by atoms with E-state index >= 15 is 0 Å². The van der Waals surface area contributed by atoms with Crippen LogP contribution in [0.1, 0.15) is 31.9 Å². The monoisotopic (exact) mass is 499 g/mol. The first-order chi connectivity index (χ1) is 18.3. The molecule has 0 unspecified atom stereocenters. The maximum atomic E-state index is 10.2. The van der Waals surface area contributed by atoms with Crippen LogP contribution in [0.2, 0.25) is 0 Å². The first-order valence-electron chi connectivity index (χ1n) is 12.7. The molecule has 1 aliphatic rings. The molecule has 0 amide bonds. The van der Waals surface area contributed by atoms with E-state index < -0.39 is 0 Å². The van der Waals surface area contributed by atoms with Crippen molar-refractivity contribution in [1.29, 1.82) is 5.26 Å². The Morgan fingerprint density at radius 3 is 2.50 bits per heavy atom. The van der Waals surface area contributed by atoms with Crippen LogP contribution in [0.25, 0.3) is 27.6 Å². The third-order valence-corrected chi connectivity index (χ3v) is 6.97. The number of hydrogen-bond donors (Lipinski definition) is 0. The van der Waals surface area contributed by atoms with E-state index in [0.717, 1.165) is 40.0 Å². The van der Waals surface area contributed by atoms with E-state index in [1.807, 2.05) is 61.9 Å². The van der Waals surface area contributed by atoms with E-state index in [-0.39, 0.29) is 5.41 Å². The first-order valence-corrected chi connectivity index (χ1v) is 12.7. The highest BCUT2D eigenvalue weighted by Crippen LogP contribution is 2.38. The Labute approximate surface area is 222 Å². The number of nitriles is 1. The van der Waals surface area contributed by atoms with E-state index in [1.165, 1.54) is 5.56 Å². The van der Waals surface area contributed by atoms with Crippen LogP contribution in [-0.4, -0.2) is 28.2 Å². The highest BCUT2D eigenvalue weighted by atomic mass is 16.5.